The Morgan fingerprint density at radius 1 is 0.941 bits per heavy atom. The lowest BCUT2D eigenvalue weighted by atomic mass is 10.2. The highest BCUT2D eigenvalue weighted by atomic mass is 32.2. The Morgan fingerprint density at radius 3 is 2.12 bits per heavy atom. The molecular weight excluding hydrogens is 228 g/mol. The van der Waals surface area contributed by atoms with Crippen LogP contribution in [-0.2, 0) is 10.9 Å². The number of rotatable bonds is 3. The molecule has 88 valence electrons. The van der Waals surface area contributed by atoms with Crippen molar-refractivity contribution < 1.29 is 5.11 Å². The van der Waals surface area contributed by atoms with Crippen LogP contribution in [0.15, 0.2) is 59.5 Å². The van der Waals surface area contributed by atoms with Crippen LogP contribution in [0.1, 0.15) is 17.7 Å². The summed E-state index contributed by atoms with van der Waals surface area (Å²) in [5.74, 6) is 0.332. The molecule has 2 heteroatoms. The largest absolute Gasteiger partial charge is 0.508 e. The van der Waals surface area contributed by atoms with Gasteiger partial charge in [-0.25, -0.2) is 0 Å². The first kappa shape index (κ1) is 12.1. The SMILES string of the molecule is CC(c1ccccc1)[S+](C)c1ccc(O)cc1. The third kappa shape index (κ3) is 2.83. The Balaban J connectivity index is 2.20. The van der Waals surface area contributed by atoms with E-state index in [1.165, 1.54) is 10.5 Å². The summed E-state index contributed by atoms with van der Waals surface area (Å²) in [6.45, 7) is 2.26. The van der Waals surface area contributed by atoms with Gasteiger partial charge in [-0.15, -0.1) is 0 Å². The molecule has 2 aromatic rings. The minimum atomic E-state index is 0.151. The van der Waals surface area contributed by atoms with E-state index < -0.39 is 0 Å². The van der Waals surface area contributed by atoms with Gasteiger partial charge in [-0.05, 0) is 31.2 Å². The Hall–Kier alpha value is -1.41. The van der Waals surface area contributed by atoms with Crippen LogP contribution < -0.4 is 0 Å². The van der Waals surface area contributed by atoms with Crippen molar-refractivity contribution in [3.05, 3.63) is 60.2 Å². The van der Waals surface area contributed by atoms with E-state index in [0.29, 0.717) is 11.0 Å². The van der Waals surface area contributed by atoms with E-state index in [2.05, 4.69) is 37.4 Å². The third-order valence-corrected chi connectivity index (χ3v) is 5.36. The number of hydrogen-bond donors (Lipinski definition) is 1. The lowest BCUT2D eigenvalue weighted by Gasteiger charge is -2.11. The van der Waals surface area contributed by atoms with Crippen molar-refractivity contribution in [2.75, 3.05) is 6.26 Å². The van der Waals surface area contributed by atoms with E-state index in [9.17, 15) is 5.11 Å². The smallest absolute Gasteiger partial charge is 0.155 e. The Kier molecular flexibility index (Phi) is 3.75. The summed E-state index contributed by atoms with van der Waals surface area (Å²) in [5, 5.41) is 9.80. The van der Waals surface area contributed by atoms with Gasteiger partial charge in [0.2, 0.25) is 0 Å². The number of phenols is 1. The van der Waals surface area contributed by atoms with E-state index in [4.69, 9.17) is 0 Å². The summed E-state index contributed by atoms with van der Waals surface area (Å²) in [7, 11) is 0.151. The normalized spacial score (nSPS) is 14.2. The molecule has 2 aromatic carbocycles. The van der Waals surface area contributed by atoms with Crippen LogP contribution >= 0.6 is 0 Å². The molecular formula is C15H17OS+. The fourth-order valence-corrected chi connectivity index (χ4v) is 3.33. The summed E-state index contributed by atoms with van der Waals surface area (Å²) >= 11 is 0. The van der Waals surface area contributed by atoms with Crippen molar-refractivity contribution in [3.8, 4) is 5.75 Å². The summed E-state index contributed by atoms with van der Waals surface area (Å²) in [4.78, 5) is 1.29. The van der Waals surface area contributed by atoms with Gasteiger partial charge in [0.05, 0.1) is 0 Å². The van der Waals surface area contributed by atoms with E-state index >= 15 is 0 Å². The van der Waals surface area contributed by atoms with Gasteiger partial charge in [0.15, 0.2) is 4.90 Å². The van der Waals surface area contributed by atoms with Gasteiger partial charge in [0, 0.05) is 16.5 Å². The maximum atomic E-state index is 9.30. The lowest BCUT2D eigenvalue weighted by Crippen LogP contribution is -2.09. The zero-order valence-corrected chi connectivity index (χ0v) is 10.9. The van der Waals surface area contributed by atoms with Crippen LogP contribution in [0.25, 0.3) is 0 Å². The first-order chi connectivity index (χ1) is 8.18. The molecule has 2 atom stereocenters. The average Bonchev–Trinajstić information content (AvgIpc) is 2.39. The number of benzene rings is 2. The molecule has 0 aliphatic carbocycles. The quantitative estimate of drug-likeness (QED) is 0.816. The van der Waals surface area contributed by atoms with Crippen molar-refractivity contribution in [3.63, 3.8) is 0 Å². The number of hydrogen-bond acceptors (Lipinski definition) is 1. The summed E-state index contributed by atoms with van der Waals surface area (Å²) in [6, 6.07) is 18.1. The fourth-order valence-electron chi connectivity index (χ4n) is 1.79. The molecule has 0 spiro atoms. The minimum Gasteiger partial charge on any atom is -0.508 e. The highest BCUT2D eigenvalue weighted by Crippen LogP contribution is 2.29. The van der Waals surface area contributed by atoms with Crippen molar-refractivity contribution in [1.29, 1.82) is 0 Å². The van der Waals surface area contributed by atoms with Crippen LogP contribution in [0.4, 0.5) is 0 Å². The van der Waals surface area contributed by atoms with Gasteiger partial charge in [0.1, 0.15) is 17.3 Å². The molecule has 0 heterocycles. The molecule has 0 bridgehead atoms. The van der Waals surface area contributed by atoms with Crippen molar-refractivity contribution in [1.82, 2.24) is 0 Å². The molecule has 0 saturated carbocycles. The van der Waals surface area contributed by atoms with E-state index in [1.807, 2.05) is 18.2 Å². The van der Waals surface area contributed by atoms with Crippen molar-refractivity contribution >= 4 is 10.9 Å². The van der Waals surface area contributed by atoms with E-state index in [-0.39, 0.29) is 10.9 Å². The first-order valence-corrected chi connectivity index (χ1v) is 7.37. The van der Waals surface area contributed by atoms with Crippen LogP contribution in [0.5, 0.6) is 5.75 Å². The van der Waals surface area contributed by atoms with Gasteiger partial charge in [-0.2, -0.15) is 0 Å². The van der Waals surface area contributed by atoms with Crippen molar-refractivity contribution in [2.24, 2.45) is 0 Å². The standard InChI is InChI=1S/C15H16OS/c1-12(13-6-4-3-5-7-13)17(2)15-10-8-14(16)9-11-15/h3-12H,1-2H3/p+1. The molecule has 17 heavy (non-hydrogen) atoms. The third-order valence-electron chi connectivity index (χ3n) is 3.01. The monoisotopic (exact) mass is 245 g/mol. The fraction of sp³-hybridized carbons (Fsp3) is 0.200. The van der Waals surface area contributed by atoms with Crippen LogP contribution in [0.3, 0.4) is 0 Å². The zero-order chi connectivity index (χ0) is 12.3. The maximum Gasteiger partial charge on any atom is 0.155 e. The summed E-state index contributed by atoms with van der Waals surface area (Å²) in [5.41, 5.74) is 1.37. The number of phenolic OH excluding ortho intramolecular Hbond substituents is 1. The van der Waals surface area contributed by atoms with Gasteiger partial charge >= 0.3 is 0 Å². The van der Waals surface area contributed by atoms with Gasteiger partial charge in [-0.3, -0.25) is 0 Å². The molecule has 0 aliphatic heterocycles. The lowest BCUT2D eigenvalue weighted by molar-refractivity contribution is 0.475. The zero-order valence-electron chi connectivity index (χ0n) is 10.1. The maximum absolute atomic E-state index is 9.30. The van der Waals surface area contributed by atoms with Crippen LogP contribution in [-0.4, -0.2) is 11.4 Å². The molecule has 0 aromatic heterocycles. The molecule has 1 N–H and O–H groups in total. The first-order valence-electron chi connectivity index (χ1n) is 5.67. The molecule has 0 saturated heterocycles. The highest BCUT2D eigenvalue weighted by molar-refractivity contribution is 7.96. The highest BCUT2D eigenvalue weighted by Gasteiger charge is 2.25. The molecule has 2 rings (SSSR count). The van der Waals surface area contributed by atoms with Gasteiger partial charge in [0.25, 0.3) is 0 Å². The average molecular weight is 245 g/mol. The second kappa shape index (κ2) is 5.28. The van der Waals surface area contributed by atoms with Gasteiger partial charge in [-0.1, -0.05) is 30.3 Å². The molecule has 0 amide bonds. The van der Waals surface area contributed by atoms with E-state index in [0.717, 1.165) is 0 Å². The van der Waals surface area contributed by atoms with Crippen LogP contribution in [0.2, 0.25) is 0 Å². The Labute approximate surface area is 105 Å². The van der Waals surface area contributed by atoms with Crippen molar-refractivity contribution in [2.45, 2.75) is 17.1 Å². The second-order valence-corrected chi connectivity index (χ2v) is 6.40. The number of aromatic hydroxyl groups is 1. The molecule has 0 fully saturated rings. The topological polar surface area (TPSA) is 20.2 Å². The second-order valence-electron chi connectivity index (χ2n) is 4.10. The van der Waals surface area contributed by atoms with Gasteiger partial charge < -0.3 is 5.11 Å². The Bertz CT molecular complexity index is 464. The summed E-state index contributed by atoms with van der Waals surface area (Å²) < 4.78 is 0. The van der Waals surface area contributed by atoms with Crippen LogP contribution in [0, 0.1) is 0 Å². The molecule has 2 unspecified atom stereocenters. The predicted molar refractivity (Wildman–Crippen MR) is 74.5 cm³/mol. The van der Waals surface area contributed by atoms with E-state index in [1.54, 1.807) is 12.1 Å². The Morgan fingerprint density at radius 2 is 1.53 bits per heavy atom. The predicted octanol–water partition coefficient (Wildman–Crippen LogP) is 3.76. The molecule has 0 radical (unpaired) electrons. The molecule has 1 nitrogen and oxygen atoms in total. The minimum absolute atomic E-state index is 0.151. The summed E-state index contributed by atoms with van der Waals surface area (Å²) in [6.07, 6.45) is 2.25. The molecule has 0 aliphatic rings.